The number of hydrogen-bond acceptors (Lipinski definition) is 4. The molecule has 5 heteroatoms. The van der Waals surface area contributed by atoms with E-state index in [9.17, 15) is 4.79 Å². The lowest BCUT2D eigenvalue weighted by Crippen LogP contribution is -2.15. The second-order valence-corrected chi connectivity index (χ2v) is 6.32. The van der Waals surface area contributed by atoms with E-state index >= 15 is 0 Å². The third kappa shape index (κ3) is 4.28. The second-order valence-electron chi connectivity index (χ2n) is 6.32. The highest BCUT2D eigenvalue weighted by Gasteiger charge is 2.22. The molecule has 2 aromatic carbocycles. The first kappa shape index (κ1) is 18.1. The van der Waals surface area contributed by atoms with E-state index in [1.807, 2.05) is 57.2 Å². The largest absolute Gasteiger partial charge is 0.494 e. The predicted octanol–water partition coefficient (Wildman–Crippen LogP) is 3.99. The van der Waals surface area contributed by atoms with Crippen molar-refractivity contribution in [1.82, 2.24) is 0 Å². The van der Waals surface area contributed by atoms with Gasteiger partial charge >= 0.3 is 0 Å². The number of benzene rings is 2. The number of amides is 1. The van der Waals surface area contributed by atoms with Gasteiger partial charge in [0.2, 0.25) is 5.91 Å². The highest BCUT2D eigenvalue weighted by atomic mass is 16.5. The molecule has 2 aromatic rings. The normalized spacial score (nSPS) is 15.1. The third-order valence-corrected chi connectivity index (χ3v) is 4.17. The van der Waals surface area contributed by atoms with Gasteiger partial charge in [-0.2, -0.15) is 0 Å². The van der Waals surface area contributed by atoms with Crippen molar-refractivity contribution in [3.63, 3.8) is 0 Å². The van der Waals surface area contributed by atoms with Crippen LogP contribution in [0, 0.1) is 0 Å². The minimum atomic E-state index is -0.0962. The molecule has 1 amide bonds. The van der Waals surface area contributed by atoms with Crippen molar-refractivity contribution in [2.75, 3.05) is 18.5 Å². The Kier molecular flexibility index (Phi) is 5.66. The summed E-state index contributed by atoms with van der Waals surface area (Å²) in [5.41, 5.74) is 2.69. The lowest BCUT2D eigenvalue weighted by Gasteiger charge is -2.14. The summed E-state index contributed by atoms with van der Waals surface area (Å²) in [6.45, 7) is 7.07. The predicted molar refractivity (Wildman–Crippen MR) is 101 cm³/mol. The fourth-order valence-electron chi connectivity index (χ4n) is 3.06. The van der Waals surface area contributed by atoms with Gasteiger partial charge in [-0.05, 0) is 44.5 Å². The first-order valence-corrected chi connectivity index (χ1v) is 9.07. The van der Waals surface area contributed by atoms with Gasteiger partial charge in [0.1, 0.15) is 23.4 Å². The molecule has 0 spiro atoms. The molecule has 26 heavy (non-hydrogen) atoms. The number of fused-ring (bicyclic) bond motifs is 1. The Morgan fingerprint density at radius 3 is 2.58 bits per heavy atom. The van der Waals surface area contributed by atoms with Gasteiger partial charge < -0.3 is 19.5 Å². The SMILES string of the molecule is CCOc1ccc(CC(=O)Nc2cc3c(cc2OCC)CC(C)O3)cc1. The van der Waals surface area contributed by atoms with Crippen LogP contribution in [0.15, 0.2) is 36.4 Å². The van der Waals surface area contributed by atoms with Crippen molar-refractivity contribution in [3.8, 4) is 17.2 Å². The van der Waals surface area contributed by atoms with E-state index in [-0.39, 0.29) is 18.4 Å². The molecule has 1 unspecified atom stereocenters. The van der Waals surface area contributed by atoms with Crippen LogP contribution in [-0.2, 0) is 17.6 Å². The van der Waals surface area contributed by atoms with Crippen molar-refractivity contribution in [1.29, 1.82) is 0 Å². The third-order valence-electron chi connectivity index (χ3n) is 4.17. The fraction of sp³-hybridized carbons (Fsp3) is 0.381. The molecule has 0 aromatic heterocycles. The lowest BCUT2D eigenvalue weighted by atomic mass is 10.1. The van der Waals surface area contributed by atoms with Crippen molar-refractivity contribution < 1.29 is 19.0 Å². The zero-order valence-corrected chi connectivity index (χ0v) is 15.5. The summed E-state index contributed by atoms with van der Waals surface area (Å²) in [5.74, 6) is 2.21. The maximum absolute atomic E-state index is 12.5. The quantitative estimate of drug-likeness (QED) is 0.816. The number of carbonyl (C=O) groups excluding carboxylic acids is 1. The maximum atomic E-state index is 12.5. The van der Waals surface area contributed by atoms with Crippen molar-refractivity contribution in [2.24, 2.45) is 0 Å². The van der Waals surface area contributed by atoms with Crippen LogP contribution in [0.4, 0.5) is 5.69 Å². The number of carbonyl (C=O) groups is 1. The molecule has 0 bridgehead atoms. The highest BCUT2D eigenvalue weighted by Crippen LogP contribution is 2.38. The van der Waals surface area contributed by atoms with E-state index in [0.717, 1.165) is 29.0 Å². The van der Waals surface area contributed by atoms with Crippen LogP contribution in [0.25, 0.3) is 0 Å². The van der Waals surface area contributed by atoms with E-state index in [1.165, 1.54) is 0 Å². The first-order chi connectivity index (χ1) is 12.6. The Labute approximate surface area is 154 Å². The van der Waals surface area contributed by atoms with Gasteiger partial charge in [-0.3, -0.25) is 4.79 Å². The molecule has 1 N–H and O–H groups in total. The number of rotatable bonds is 7. The summed E-state index contributed by atoms with van der Waals surface area (Å²) < 4.78 is 16.9. The molecule has 1 aliphatic heterocycles. The summed E-state index contributed by atoms with van der Waals surface area (Å²) in [6, 6.07) is 11.4. The molecule has 1 atom stereocenters. The van der Waals surface area contributed by atoms with Crippen LogP contribution in [0.2, 0.25) is 0 Å². The molecule has 0 fully saturated rings. The van der Waals surface area contributed by atoms with E-state index in [0.29, 0.717) is 24.7 Å². The monoisotopic (exact) mass is 355 g/mol. The van der Waals surface area contributed by atoms with E-state index in [2.05, 4.69) is 5.32 Å². The fourth-order valence-corrected chi connectivity index (χ4v) is 3.06. The van der Waals surface area contributed by atoms with Gasteiger partial charge in [0.25, 0.3) is 0 Å². The molecule has 5 nitrogen and oxygen atoms in total. The topological polar surface area (TPSA) is 56.8 Å². The smallest absolute Gasteiger partial charge is 0.228 e. The first-order valence-electron chi connectivity index (χ1n) is 9.07. The van der Waals surface area contributed by atoms with Crippen LogP contribution >= 0.6 is 0 Å². The minimum absolute atomic E-state index is 0.0962. The summed E-state index contributed by atoms with van der Waals surface area (Å²) in [4.78, 5) is 12.5. The summed E-state index contributed by atoms with van der Waals surface area (Å²) in [7, 11) is 0. The van der Waals surface area contributed by atoms with E-state index in [1.54, 1.807) is 0 Å². The summed E-state index contributed by atoms with van der Waals surface area (Å²) >= 11 is 0. The molecule has 3 rings (SSSR count). The Bertz CT molecular complexity index is 770. The Balaban J connectivity index is 1.71. The Morgan fingerprint density at radius 1 is 1.15 bits per heavy atom. The number of nitrogens with one attached hydrogen (secondary N) is 1. The summed E-state index contributed by atoms with van der Waals surface area (Å²) in [5, 5.41) is 2.95. The van der Waals surface area contributed by atoms with Gasteiger partial charge in [-0.1, -0.05) is 12.1 Å². The molecule has 0 aliphatic carbocycles. The molecule has 0 radical (unpaired) electrons. The van der Waals surface area contributed by atoms with E-state index < -0.39 is 0 Å². The van der Waals surface area contributed by atoms with Gasteiger partial charge in [0.05, 0.1) is 25.3 Å². The van der Waals surface area contributed by atoms with Crippen molar-refractivity contribution in [2.45, 2.75) is 39.7 Å². The molecule has 1 aliphatic rings. The maximum Gasteiger partial charge on any atom is 0.228 e. The molecular formula is C21H25NO4. The zero-order chi connectivity index (χ0) is 18.5. The average molecular weight is 355 g/mol. The van der Waals surface area contributed by atoms with Gasteiger partial charge in [-0.25, -0.2) is 0 Å². The number of ether oxygens (including phenoxy) is 3. The molecule has 0 saturated heterocycles. The van der Waals surface area contributed by atoms with E-state index in [4.69, 9.17) is 14.2 Å². The van der Waals surface area contributed by atoms with Crippen LogP contribution in [0.3, 0.4) is 0 Å². The zero-order valence-electron chi connectivity index (χ0n) is 15.5. The van der Waals surface area contributed by atoms with Gasteiger partial charge in [0, 0.05) is 18.1 Å². The molecular weight excluding hydrogens is 330 g/mol. The van der Waals surface area contributed by atoms with Crippen molar-refractivity contribution >= 4 is 11.6 Å². The molecule has 1 heterocycles. The number of anilines is 1. The minimum Gasteiger partial charge on any atom is -0.494 e. The summed E-state index contributed by atoms with van der Waals surface area (Å²) in [6.07, 6.45) is 1.29. The van der Waals surface area contributed by atoms with Crippen LogP contribution in [-0.4, -0.2) is 25.2 Å². The van der Waals surface area contributed by atoms with Gasteiger partial charge in [-0.15, -0.1) is 0 Å². The highest BCUT2D eigenvalue weighted by molar-refractivity contribution is 5.94. The standard InChI is InChI=1S/C21H25NO4/c1-4-24-17-8-6-15(7-9-17)11-21(23)22-18-13-19-16(10-14(3)26-19)12-20(18)25-5-2/h6-9,12-14H,4-5,10-11H2,1-3H3,(H,22,23). The molecule has 138 valence electrons. The van der Waals surface area contributed by atoms with Crippen LogP contribution < -0.4 is 19.5 Å². The van der Waals surface area contributed by atoms with Gasteiger partial charge in [0.15, 0.2) is 0 Å². The van der Waals surface area contributed by atoms with Crippen LogP contribution in [0.1, 0.15) is 31.9 Å². The second kappa shape index (κ2) is 8.13. The lowest BCUT2D eigenvalue weighted by molar-refractivity contribution is -0.115. The Morgan fingerprint density at radius 2 is 1.88 bits per heavy atom. The Hall–Kier alpha value is -2.69. The molecule has 0 saturated carbocycles. The van der Waals surface area contributed by atoms with Crippen LogP contribution in [0.5, 0.6) is 17.2 Å². The average Bonchev–Trinajstić information content (AvgIpc) is 2.96. The number of hydrogen-bond donors (Lipinski definition) is 1. The van der Waals surface area contributed by atoms with Crippen molar-refractivity contribution in [3.05, 3.63) is 47.5 Å².